The zero-order valence-corrected chi connectivity index (χ0v) is 11.7. The number of rotatable bonds is 8. The molecule has 0 saturated heterocycles. The molecule has 0 aromatic rings. The van der Waals surface area contributed by atoms with Gasteiger partial charge >= 0.3 is 5.97 Å². The van der Waals surface area contributed by atoms with Crippen molar-refractivity contribution in [1.82, 2.24) is 5.32 Å². The number of aliphatic hydroxyl groups is 1. The number of hydrogen-bond acceptors (Lipinski definition) is 3. The molecule has 0 aliphatic heterocycles. The van der Waals surface area contributed by atoms with Crippen LogP contribution in [0.3, 0.4) is 0 Å². The fourth-order valence-corrected chi connectivity index (χ4v) is 1.66. The van der Waals surface area contributed by atoms with Crippen molar-refractivity contribution in [2.75, 3.05) is 6.54 Å². The van der Waals surface area contributed by atoms with E-state index in [2.05, 4.69) is 5.32 Å². The van der Waals surface area contributed by atoms with E-state index in [1.165, 1.54) is 0 Å². The van der Waals surface area contributed by atoms with Gasteiger partial charge in [-0.3, -0.25) is 9.59 Å². The van der Waals surface area contributed by atoms with Gasteiger partial charge in [-0.15, -0.1) is 0 Å². The molecule has 0 radical (unpaired) electrons. The first-order valence-electron chi connectivity index (χ1n) is 6.45. The zero-order valence-electron chi connectivity index (χ0n) is 11.7. The van der Waals surface area contributed by atoms with Crippen molar-refractivity contribution in [3.63, 3.8) is 0 Å². The third kappa shape index (κ3) is 4.64. The summed E-state index contributed by atoms with van der Waals surface area (Å²) in [6, 6.07) is 0. The summed E-state index contributed by atoms with van der Waals surface area (Å²) >= 11 is 0. The average molecular weight is 259 g/mol. The smallest absolute Gasteiger partial charge is 0.310 e. The highest BCUT2D eigenvalue weighted by Crippen LogP contribution is 2.30. The van der Waals surface area contributed by atoms with Crippen LogP contribution in [0.15, 0.2) is 0 Å². The Balaban J connectivity index is 4.50. The molecule has 1 atom stereocenters. The number of carbonyl (C=O) groups excluding carboxylic acids is 1. The van der Waals surface area contributed by atoms with Gasteiger partial charge in [0.05, 0.1) is 11.0 Å². The first-order chi connectivity index (χ1) is 8.23. The van der Waals surface area contributed by atoms with Crippen LogP contribution in [0, 0.1) is 5.41 Å². The average Bonchev–Trinajstić information content (AvgIpc) is 2.33. The minimum Gasteiger partial charge on any atom is -0.481 e. The molecular formula is C13H25NO4. The summed E-state index contributed by atoms with van der Waals surface area (Å²) in [5.74, 6) is -1.26. The SMILES string of the molecule is CCC(C)(O)CNC(=O)CC(CC)(CC)C(=O)O. The number of hydrogen-bond donors (Lipinski definition) is 3. The van der Waals surface area contributed by atoms with Crippen LogP contribution in [0.1, 0.15) is 53.4 Å². The Morgan fingerprint density at radius 3 is 1.94 bits per heavy atom. The molecule has 1 unspecified atom stereocenters. The first-order valence-corrected chi connectivity index (χ1v) is 6.45. The summed E-state index contributed by atoms with van der Waals surface area (Å²) in [4.78, 5) is 23.0. The Bertz CT molecular complexity index is 295. The van der Waals surface area contributed by atoms with Gasteiger partial charge in [-0.1, -0.05) is 20.8 Å². The minimum atomic E-state index is -0.998. The Morgan fingerprint density at radius 2 is 1.61 bits per heavy atom. The second-order valence-corrected chi connectivity index (χ2v) is 5.10. The normalized spacial score (nSPS) is 14.9. The molecule has 0 aromatic carbocycles. The van der Waals surface area contributed by atoms with Crippen molar-refractivity contribution < 1.29 is 19.8 Å². The molecule has 0 heterocycles. The van der Waals surface area contributed by atoms with E-state index in [1.807, 2.05) is 6.92 Å². The molecule has 0 aromatic heterocycles. The lowest BCUT2D eigenvalue weighted by Gasteiger charge is -2.27. The minimum absolute atomic E-state index is 0.0465. The summed E-state index contributed by atoms with van der Waals surface area (Å²) < 4.78 is 0. The summed E-state index contributed by atoms with van der Waals surface area (Å²) in [6.45, 7) is 7.15. The van der Waals surface area contributed by atoms with Crippen molar-refractivity contribution in [3.8, 4) is 0 Å². The lowest BCUT2D eigenvalue weighted by molar-refractivity contribution is -0.152. The van der Waals surface area contributed by atoms with Gasteiger partial charge in [0, 0.05) is 13.0 Å². The summed E-state index contributed by atoms with van der Waals surface area (Å²) in [7, 11) is 0. The topological polar surface area (TPSA) is 86.6 Å². The molecule has 18 heavy (non-hydrogen) atoms. The molecule has 0 saturated carbocycles. The second kappa shape index (κ2) is 6.73. The third-order valence-corrected chi connectivity index (χ3v) is 3.73. The predicted molar refractivity (Wildman–Crippen MR) is 69.2 cm³/mol. The molecular weight excluding hydrogens is 234 g/mol. The molecule has 5 heteroatoms. The van der Waals surface area contributed by atoms with Crippen molar-refractivity contribution in [3.05, 3.63) is 0 Å². The fourth-order valence-electron chi connectivity index (χ4n) is 1.66. The summed E-state index contributed by atoms with van der Waals surface area (Å²) in [6.07, 6.45) is 1.31. The van der Waals surface area contributed by atoms with Gasteiger partial charge in [-0.05, 0) is 26.2 Å². The number of carboxylic acid groups (broad SMARTS) is 1. The monoisotopic (exact) mass is 259 g/mol. The van der Waals surface area contributed by atoms with Crippen LogP contribution in [0.25, 0.3) is 0 Å². The van der Waals surface area contributed by atoms with E-state index in [0.29, 0.717) is 19.3 Å². The molecule has 3 N–H and O–H groups in total. The highest BCUT2D eigenvalue weighted by molar-refractivity contribution is 5.84. The van der Waals surface area contributed by atoms with E-state index in [9.17, 15) is 19.8 Å². The molecule has 0 fully saturated rings. The Morgan fingerprint density at radius 1 is 1.11 bits per heavy atom. The van der Waals surface area contributed by atoms with Gasteiger partial charge < -0.3 is 15.5 Å². The maximum atomic E-state index is 11.8. The van der Waals surface area contributed by atoms with Crippen LogP contribution >= 0.6 is 0 Å². The van der Waals surface area contributed by atoms with Crippen LogP contribution in [0.5, 0.6) is 0 Å². The highest BCUT2D eigenvalue weighted by Gasteiger charge is 2.37. The maximum absolute atomic E-state index is 11.8. The van der Waals surface area contributed by atoms with Crippen molar-refractivity contribution in [1.29, 1.82) is 0 Å². The van der Waals surface area contributed by atoms with E-state index in [1.54, 1.807) is 20.8 Å². The third-order valence-electron chi connectivity index (χ3n) is 3.73. The predicted octanol–water partition coefficient (Wildman–Crippen LogP) is 1.54. The number of amides is 1. The molecule has 0 spiro atoms. The quantitative estimate of drug-likeness (QED) is 0.617. The van der Waals surface area contributed by atoms with Crippen LogP contribution in [0.2, 0.25) is 0 Å². The lowest BCUT2D eigenvalue weighted by Crippen LogP contribution is -2.43. The molecule has 106 valence electrons. The molecule has 1 amide bonds. The van der Waals surface area contributed by atoms with Crippen LogP contribution in [0.4, 0.5) is 0 Å². The lowest BCUT2D eigenvalue weighted by atomic mass is 9.79. The number of aliphatic carboxylic acids is 1. The number of carbonyl (C=O) groups is 2. The van der Waals surface area contributed by atoms with Gasteiger partial charge in [-0.25, -0.2) is 0 Å². The van der Waals surface area contributed by atoms with Gasteiger partial charge in [0.15, 0.2) is 0 Å². The van der Waals surface area contributed by atoms with Crippen LogP contribution in [-0.2, 0) is 9.59 Å². The van der Waals surface area contributed by atoms with Crippen molar-refractivity contribution >= 4 is 11.9 Å². The summed E-state index contributed by atoms with van der Waals surface area (Å²) in [5.41, 5.74) is -1.94. The number of carboxylic acids is 1. The van der Waals surface area contributed by atoms with E-state index < -0.39 is 17.0 Å². The number of nitrogens with one attached hydrogen (secondary N) is 1. The van der Waals surface area contributed by atoms with E-state index >= 15 is 0 Å². The largest absolute Gasteiger partial charge is 0.481 e. The molecule has 0 bridgehead atoms. The Kier molecular flexibility index (Phi) is 6.32. The Labute approximate surface area is 109 Å². The van der Waals surface area contributed by atoms with Gasteiger partial charge in [0.2, 0.25) is 5.91 Å². The van der Waals surface area contributed by atoms with Gasteiger partial charge in [0.25, 0.3) is 0 Å². The molecule has 5 nitrogen and oxygen atoms in total. The van der Waals surface area contributed by atoms with Gasteiger partial charge in [0.1, 0.15) is 0 Å². The van der Waals surface area contributed by atoms with Crippen LogP contribution < -0.4 is 5.32 Å². The van der Waals surface area contributed by atoms with Crippen molar-refractivity contribution in [2.45, 2.75) is 59.0 Å². The highest BCUT2D eigenvalue weighted by atomic mass is 16.4. The molecule has 0 aliphatic rings. The summed E-state index contributed by atoms with van der Waals surface area (Å²) in [5, 5.41) is 21.6. The first kappa shape index (κ1) is 16.9. The van der Waals surface area contributed by atoms with Crippen LogP contribution in [-0.4, -0.2) is 34.2 Å². The van der Waals surface area contributed by atoms with Gasteiger partial charge in [-0.2, -0.15) is 0 Å². The van der Waals surface area contributed by atoms with E-state index in [4.69, 9.17) is 0 Å². The Hall–Kier alpha value is -1.10. The maximum Gasteiger partial charge on any atom is 0.310 e. The fraction of sp³-hybridized carbons (Fsp3) is 0.846. The van der Waals surface area contributed by atoms with E-state index in [-0.39, 0.29) is 18.9 Å². The standard InChI is InChI=1S/C13H25NO4/c1-5-12(4,18)9-14-10(15)8-13(6-2,7-3)11(16)17/h18H,5-9H2,1-4H3,(H,14,15)(H,16,17). The second-order valence-electron chi connectivity index (χ2n) is 5.10. The zero-order chi connectivity index (χ0) is 14.4. The molecule has 0 aliphatic carbocycles. The van der Waals surface area contributed by atoms with Crippen molar-refractivity contribution in [2.24, 2.45) is 5.41 Å². The van der Waals surface area contributed by atoms with E-state index in [0.717, 1.165) is 0 Å². The molecule has 0 rings (SSSR count).